The Morgan fingerprint density at radius 3 is 1.89 bits per heavy atom. The number of carbonyl (C=O) groups excluding carboxylic acids is 2. The highest BCUT2D eigenvalue weighted by molar-refractivity contribution is 7.91. The van der Waals surface area contributed by atoms with E-state index in [1.54, 1.807) is 42.5 Å². The molecule has 6 rings (SSSR count). The standard InChI is InChI=1S/C34H27N9O11S3/c35-24-17-23(44)11-13-25(24)41-38-21-8-6-19(7-9-21)37-26-12-10-22(16-27(26)55(46,47)48)40-42-32-28(56(49,50)51)14-18-15-29(57(52,53)54)33(34(45)30(18)31(32)36)43-39-20-4-2-1-3-5-20/h1-17,37-39H,35-36H2,(H,46,47,48)(H,49,50,51)(H,52,53,54). The van der Waals surface area contributed by atoms with Crippen LogP contribution >= 0.6 is 0 Å². The number of benzene rings is 4. The number of azo groups is 1. The number of hydrogen-bond acceptors (Lipinski definition) is 17. The SMILES string of the molecule is NC1=CC(=O)C=CC1=NNc1ccc(Nc2ccc(N=Nc3c(S(=O)(=O)O)cc4c(c3N)C(=O)C(=NNc3ccccc3)C(S(=O)(=O)O)=C4)cc2S(=O)(=O)O)cc1. The lowest BCUT2D eigenvalue weighted by atomic mass is 9.92. The minimum atomic E-state index is -5.22. The van der Waals surface area contributed by atoms with Crippen molar-refractivity contribution < 1.29 is 48.5 Å². The summed E-state index contributed by atoms with van der Waals surface area (Å²) < 4.78 is 104. The third-order valence-corrected chi connectivity index (χ3v) is 10.5. The molecular weight excluding hydrogens is 807 g/mol. The van der Waals surface area contributed by atoms with Gasteiger partial charge in [0.1, 0.15) is 26.1 Å². The maximum atomic E-state index is 13.7. The first-order chi connectivity index (χ1) is 26.8. The van der Waals surface area contributed by atoms with Crippen LogP contribution in [0.3, 0.4) is 0 Å². The van der Waals surface area contributed by atoms with Crippen molar-refractivity contribution >= 4 is 99.2 Å². The molecule has 0 amide bonds. The Hall–Kier alpha value is -6.89. The van der Waals surface area contributed by atoms with Crippen LogP contribution in [0.25, 0.3) is 6.08 Å². The van der Waals surface area contributed by atoms with Crippen molar-refractivity contribution in [3.05, 3.63) is 119 Å². The molecule has 0 spiro atoms. The second kappa shape index (κ2) is 15.3. The van der Waals surface area contributed by atoms with Crippen molar-refractivity contribution in [3.63, 3.8) is 0 Å². The van der Waals surface area contributed by atoms with Crippen molar-refractivity contribution in [1.82, 2.24) is 0 Å². The van der Waals surface area contributed by atoms with Crippen LogP contribution in [-0.2, 0) is 35.1 Å². The fourth-order valence-electron chi connectivity index (χ4n) is 5.27. The number of allylic oxidation sites excluding steroid dienone is 4. The van der Waals surface area contributed by atoms with Crippen LogP contribution < -0.4 is 27.6 Å². The fraction of sp³-hybridized carbons (Fsp3) is 0. The lowest BCUT2D eigenvalue weighted by Crippen LogP contribution is -2.28. The summed E-state index contributed by atoms with van der Waals surface area (Å²) in [4.78, 5) is 22.4. The topological polar surface area (TPSA) is 335 Å². The number of nitrogens with one attached hydrogen (secondary N) is 3. The van der Waals surface area contributed by atoms with Gasteiger partial charge in [-0.15, -0.1) is 5.11 Å². The average molecular weight is 834 g/mol. The van der Waals surface area contributed by atoms with Gasteiger partial charge in [-0.25, -0.2) is 0 Å². The molecule has 57 heavy (non-hydrogen) atoms. The molecule has 292 valence electrons. The molecule has 4 aromatic carbocycles. The van der Waals surface area contributed by atoms with Gasteiger partial charge >= 0.3 is 0 Å². The predicted octanol–water partition coefficient (Wildman–Crippen LogP) is 4.56. The summed E-state index contributed by atoms with van der Waals surface area (Å²) in [5.74, 6) is -1.47. The molecule has 0 atom stereocenters. The van der Waals surface area contributed by atoms with Crippen LogP contribution in [-0.4, -0.2) is 61.9 Å². The molecule has 2 aliphatic carbocycles. The van der Waals surface area contributed by atoms with E-state index in [0.717, 1.165) is 12.1 Å². The number of nitrogens with zero attached hydrogens (tertiary/aromatic N) is 4. The Kier molecular flexibility index (Phi) is 10.7. The second-order valence-electron chi connectivity index (χ2n) is 11.8. The van der Waals surface area contributed by atoms with Crippen LogP contribution in [0.15, 0.2) is 138 Å². The fourth-order valence-corrected chi connectivity index (χ4v) is 7.27. The largest absolute Gasteiger partial charge is 0.397 e. The number of rotatable bonds is 11. The number of anilines is 5. The molecule has 0 bridgehead atoms. The Labute approximate surface area is 323 Å². The lowest BCUT2D eigenvalue weighted by molar-refractivity contribution is -0.110. The minimum Gasteiger partial charge on any atom is -0.397 e. The molecule has 0 unspecified atom stereocenters. The van der Waals surface area contributed by atoms with E-state index in [1.807, 2.05) is 0 Å². The molecule has 20 nitrogen and oxygen atoms in total. The van der Waals surface area contributed by atoms with E-state index in [0.29, 0.717) is 28.8 Å². The highest BCUT2D eigenvalue weighted by Crippen LogP contribution is 2.41. The smallest absolute Gasteiger partial charge is 0.296 e. The summed E-state index contributed by atoms with van der Waals surface area (Å²) in [5, 5.41) is 18.4. The highest BCUT2D eigenvalue weighted by Gasteiger charge is 2.37. The zero-order chi connectivity index (χ0) is 41.3. The van der Waals surface area contributed by atoms with Gasteiger partial charge in [-0.2, -0.15) is 40.6 Å². The first-order valence-electron chi connectivity index (χ1n) is 15.8. The molecule has 0 aliphatic heterocycles. The van der Waals surface area contributed by atoms with Crippen LogP contribution in [0.1, 0.15) is 15.9 Å². The average Bonchev–Trinajstić information content (AvgIpc) is 3.13. The maximum absolute atomic E-state index is 13.7. The molecule has 0 heterocycles. The van der Waals surface area contributed by atoms with E-state index in [1.165, 1.54) is 42.5 Å². The number of nitrogens with two attached hydrogens (primary N) is 2. The van der Waals surface area contributed by atoms with Crippen LogP contribution in [0.2, 0.25) is 0 Å². The Balaban J connectivity index is 1.33. The summed E-state index contributed by atoms with van der Waals surface area (Å²) >= 11 is 0. The normalized spacial score (nSPS) is 16.1. The predicted molar refractivity (Wildman–Crippen MR) is 210 cm³/mol. The Bertz CT molecular complexity index is 2890. The quantitative estimate of drug-likeness (QED) is 0.0337. The van der Waals surface area contributed by atoms with E-state index < -0.39 is 79.0 Å². The number of hydrazone groups is 2. The van der Waals surface area contributed by atoms with Crippen molar-refractivity contribution in [2.24, 2.45) is 26.2 Å². The summed E-state index contributed by atoms with van der Waals surface area (Å²) in [5.41, 5.74) is 15.2. The summed E-state index contributed by atoms with van der Waals surface area (Å²) in [6, 6.07) is 18.2. The van der Waals surface area contributed by atoms with Gasteiger partial charge in [0, 0.05) is 11.8 Å². The van der Waals surface area contributed by atoms with E-state index in [-0.39, 0.29) is 22.9 Å². The van der Waals surface area contributed by atoms with Gasteiger partial charge in [-0.3, -0.25) is 34.1 Å². The summed E-state index contributed by atoms with van der Waals surface area (Å²) in [6.07, 6.45) is 4.68. The van der Waals surface area contributed by atoms with Crippen LogP contribution in [0, 0.1) is 0 Å². The van der Waals surface area contributed by atoms with Crippen LogP contribution in [0.5, 0.6) is 0 Å². The molecule has 0 radical (unpaired) electrons. The molecule has 0 saturated heterocycles. The van der Waals surface area contributed by atoms with Crippen LogP contribution in [0.4, 0.5) is 39.8 Å². The minimum absolute atomic E-state index is 0.123. The summed E-state index contributed by atoms with van der Waals surface area (Å²) in [6.45, 7) is 0. The number of Topliss-reactive ketones (excluding diaryl/α,β-unsaturated/α-hetero) is 1. The lowest BCUT2D eigenvalue weighted by Gasteiger charge is -2.20. The van der Waals surface area contributed by atoms with Crippen molar-refractivity contribution in [1.29, 1.82) is 0 Å². The third kappa shape index (κ3) is 8.99. The van der Waals surface area contributed by atoms with Gasteiger partial charge < -0.3 is 16.8 Å². The van der Waals surface area contributed by atoms with Gasteiger partial charge in [0.05, 0.1) is 39.7 Å². The number of ketones is 2. The zero-order valence-electron chi connectivity index (χ0n) is 28.6. The Morgan fingerprint density at radius 2 is 1.26 bits per heavy atom. The highest BCUT2D eigenvalue weighted by atomic mass is 32.2. The molecule has 2 aliphatic rings. The molecule has 0 saturated carbocycles. The molecule has 4 aromatic rings. The van der Waals surface area contributed by atoms with Gasteiger partial charge in [0.25, 0.3) is 30.4 Å². The molecule has 23 heteroatoms. The van der Waals surface area contributed by atoms with E-state index in [2.05, 4.69) is 36.6 Å². The monoisotopic (exact) mass is 833 g/mol. The Morgan fingerprint density at radius 1 is 0.632 bits per heavy atom. The number of carbonyl (C=O) groups is 2. The number of nitrogen functional groups attached to an aromatic ring is 1. The maximum Gasteiger partial charge on any atom is 0.296 e. The third-order valence-electron chi connectivity index (χ3n) is 7.90. The summed E-state index contributed by atoms with van der Waals surface area (Å²) in [7, 11) is -15.3. The number of fused-ring (bicyclic) bond motifs is 1. The van der Waals surface area contributed by atoms with E-state index in [4.69, 9.17) is 11.5 Å². The van der Waals surface area contributed by atoms with Crippen molar-refractivity contribution in [2.45, 2.75) is 9.79 Å². The number of hydrogen-bond donors (Lipinski definition) is 8. The first-order valence-corrected chi connectivity index (χ1v) is 20.1. The van der Waals surface area contributed by atoms with Gasteiger partial charge in [-0.05, 0) is 84.5 Å². The molecule has 0 aromatic heterocycles. The van der Waals surface area contributed by atoms with Gasteiger partial charge in [0.2, 0.25) is 5.78 Å². The van der Waals surface area contributed by atoms with Crippen molar-refractivity contribution in [3.8, 4) is 0 Å². The zero-order valence-corrected chi connectivity index (χ0v) is 31.0. The first kappa shape index (κ1) is 39.8. The number of para-hydroxylation sites is 1. The van der Waals surface area contributed by atoms with Crippen molar-refractivity contribution in [2.75, 3.05) is 21.9 Å². The second-order valence-corrected chi connectivity index (χ2v) is 16.0. The van der Waals surface area contributed by atoms with Gasteiger partial charge in [0.15, 0.2) is 11.5 Å². The molecule has 0 fully saturated rings. The molecule has 10 N–H and O–H groups in total. The van der Waals surface area contributed by atoms with Gasteiger partial charge in [-0.1, -0.05) is 18.2 Å². The van der Waals surface area contributed by atoms with E-state index in [9.17, 15) is 48.5 Å². The van der Waals surface area contributed by atoms with E-state index >= 15 is 0 Å². The molecular formula is C34H27N9O11S3.